The number of hydrogen-bond donors (Lipinski definition) is 1. The third-order valence-electron chi connectivity index (χ3n) is 3.13. The predicted molar refractivity (Wildman–Crippen MR) is 82.7 cm³/mol. The van der Waals surface area contributed by atoms with Crippen molar-refractivity contribution in [2.45, 2.75) is 25.0 Å². The van der Waals surface area contributed by atoms with Crippen molar-refractivity contribution in [1.29, 1.82) is 0 Å². The summed E-state index contributed by atoms with van der Waals surface area (Å²) in [7, 11) is 0. The van der Waals surface area contributed by atoms with E-state index in [0.29, 0.717) is 17.4 Å². The molecule has 1 aromatic rings. The molecule has 1 saturated heterocycles. The fourth-order valence-electron chi connectivity index (χ4n) is 2.00. The highest BCUT2D eigenvalue weighted by Crippen LogP contribution is 2.21. The number of hydrogen-bond acceptors (Lipinski definition) is 4. The highest BCUT2D eigenvalue weighted by molar-refractivity contribution is 8.00. The van der Waals surface area contributed by atoms with Gasteiger partial charge < -0.3 is 10.6 Å². The van der Waals surface area contributed by atoms with Crippen LogP contribution in [0.2, 0.25) is 0 Å². The lowest BCUT2D eigenvalue weighted by molar-refractivity contribution is -0.130. The first kappa shape index (κ1) is 16.1. The SMILES string of the molecule is CCC1CN(C(=O)Cc2ccc(N)cn2)CCS1.Cl. The van der Waals surface area contributed by atoms with E-state index >= 15 is 0 Å². The molecule has 1 amide bonds. The third kappa shape index (κ3) is 4.58. The molecule has 0 radical (unpaired) electrons. The zero-order chi connectivity index (χ0) is 13.0. The number of rotatable bonds is 3. The summed E-state index contributed by atoms with van der Waals surface area (Å²) >= 11 is 1.97. The Morgan fingerprint density at radius 3 is 3.00 bits per heavy atom. The minimum atomic E-state index is 0. The number of pyridine rings is 1. The number of amides is 1. The number of halogens is 1. The third-order valence-corrected chi connectivity index (χ3v) is 4.50. The maximum atomic E-state index is 12.2. The quantitative estimate of drug-likeness (QED) is 0.927. The summed E-state index contributed by atoms with van der Waals surface area (Å²) in [4.78, 5) is 18.3. The number of nitrogens with two attached hydrogens (primary N) is 1. The van der Waals surface area contributed by atoms with Gasteiger partial charge in [-0.05, 0) is 18.6 Å². The first-order valence-corrected chi connectivity index (χ1v) is 7.33. The molecular formula is C13H20ClN3OS. The Bertz CT molecular complexity index is 413. The van der Waals surface area contributed by atoms with Crippen LogP contribution >= 0.6 is 24.2 Å². The number of carbonyl (C=O) groups excluding carboxylic acids is 1. The maximum Gasteiger partial charge on any atom is 0.228 e. The molecule has 2 rings (SSSR count). The first-order valence-electron chi connectivity index (χ1n) is 6.29. The van der Waals surface area contributed by atoms with Crippen LogP contribution in [0.15, 0.2) is 18.3 Å². The van der Waals surface area contributed by atoms with Crippen molar-refractivity contribution in [3.05, 3.63) is 24.0 Å². The second-order valence-electron chi connectivity index (χ2n) is 4.50. The monoisotopic (exact) mass is 301 g/mol. The number of aromatic nitrogens is 1. The van der Waals surface area contributed by atoms with Crippen molar-refractivity contribution < 1.29 is 4.79 Å². The van der Waals surface area contributed by atoms with E-state index in [2.05, 4.69) is 11.9 Å². The molecule has 2 N–H and O–H groups in total. The summed E-state index contributed by atoms with van der Waals surface area (Å²) in [6.07, 6.45) is 3.10. The van der Waals surface area contributed by atoms with E-state index in [1.54, 1.807) is 12.3 Å². The van der Waals surface area contributed by atoms with Crippen LogP contribution in [0.25, 0.3) is 0 Å². The fourth-order valence-corrected chi connectivity index (χ4v) is 3.18. The van der Waals surface area contributed by atoms with Crippen molar-refractivity contribution >= 4 is 35.8 Å². The van der Waals surface area contributed by atoms with E-state index in [1.807, 2.05) is 22.7 Å². The Labute approximate surface area is 124 Å². The highest BCUT2D eigenvalue weighted by Gasteiger charge is 2.23. The van der Waals surface area contributed by atoms with Crippen molar-refractivity contribution in [3.8, 4) is 0 Å². The van der Waals surface area contributed by atoms with Crippen LogP contribution in [-0.4, -0.2) is 39.9 Å². The summed E-state index contributed by atoms with van der Waals surface area (Å²) in [5.74, 6) is 1.21. The first-order chi connectivity index (χ1) is 8.69. The van der Waals surface area contributed by atoms with Gasteiger partial charge in [0.25, 0.3) is 0 Å². The number of nitrogens with zero attached hydrogens (tertiary/aromatic N) is 2. The van der Waals surface area contributed by atoms with Gasteiger partial charge in [-0.2, -0.15) is 11.8 Å². The normalized spacial score (nSPS) is 18.8. The molecule has 19 heavy (non-hydrogen) atoms. The van der Waals surface area contributed by atoms with Crippen LogP contribution in [0.5, 0.6) is 0 Å². The molecule has 1 aliphatic heterocycles. The van der Waals surface area contributed by atoms with E-state index in [4.69, 9.17) is 5.73 Å². The second kappa shape index (κ2) is 7.60. The van der Waals surface area contributed by atoms with E-state index in [1.165, 1.54) is 0 Å². The Hall–Kier alpha value is -0.940. The molecule has 1 aliphatic rings. The van der Waals surface area contributed by atoms with Gasteiger partial charge in [-0.3, -0.25) is 9.78 Å². The Morgan fingerprint density at radius 2 is 2.37 bits per heavy atom. The van der Waals surface area contributed by atoms with Gasteiger partial charge >= 0.3 is 0 Å². The minimum absolute atomic E-state index is 0. The van der Waals surface area contributed by atoms with Crippen LogP contribution in [0.4, 0.5) is 5.69 Å². The number of nitrogen functional groups attached to an aromatic ring is 1. The molecule has 1 fully saturated rings. The average molecular weight is 302 g/mol. The van der Waals surface area contributed by atoms with E-state index in [0.717, 1.165) is 31.0 Å². The standard InChI is InChI=1S/C13H19N3OS.ClH/c1-2-12-9-16(5-6-18-12)13(17)7-11-4-3-10(14)8-15-11;/h3-4,8,12H,2,5-7,9,14H2,1H3;1H. The summed E-state index contributed by atoms with van der Waals surface area (Å²) < 4.78 is 0. The molecule has 0 spiro atoms. The summed E-state index contributed by atoms with van der Waals surface area (Å²) in [5.41, 5.74) is 7.00. The molecule has 0 saturated carbocycles. The number of carbonyl (C=O) groups is 1. The van der Waals surface area contributed by atoms with Gasteiger partial charge in [-0.25, -0.2) is 0 Å². The molecular weight excluding hydrogens is 282 g/mol. The van der Waals surface area contributed by atoms with Crippen LogP contribution in [0.1, 0.15) is 19.0 Å². The van der Waals surface area contributed by atoms with E-state index < -0.39 is 0 Å². The average Bonchev–Trinajstić information content (AvgIpc) is 2.41. The predicted octanol–water partition coefficient (Wildman–Crippen LogP) is 1.98. The van der Waals surface area contributed by atoms with Gasteiger partial charge in [0.15, 0.2) is 0 Å². The summed E-state index contributed by atoms with van der Waals surface area (Å²) in [5, 5.41) is 0.585. The topological polar surface area (TPSA) is 59.2 Å². The molecule has 1 aromatic heterocycles. The second-order valence-corrected chi connectivity index (χ2v) is 5.91. The Balaban J connectivity index is 0.00000180. The van der Waals surface area contributed by atoms with Crippen molar-refractivity contribution in [1.82, 2.24) is 9.88 Å². The van der Waals surface area contributed by atoms with Gasteiger partial charge in [-0.1, -0.05) is 6.92 Å². The van der Waals surface area contributed by atoms with Crippen molar-refractivity contribution in [2.24, 2.45) is 0 Å². The number of thioether (sulfide) groups is 1. The fraction of sp³-hybridized carbons (Fsp3) is 0.538. The van der Waals surface area contributed by atoms with Crippen LogP contribution in [0.3, 0.4) is 0 Å². The minimum Gasteiger partial charge on any atom is -0.397 e. The van der Waals surface area contributed by atoms with Gasteiger partial charge in [0.05, 0.1) is 18.3 Å². The molecule has 1 unspecified atom stereocenters. The van der Waals surface area contributed by atoms with Crippen molar-refractivity contribution in [2.75, 3.05) is 24.6 Å². The van der Waals surface area contributed by atoms with E-state index in [-0.39, 0.29) is 18.3 Å². The Kier molecular flexibility index (Phi) is 6.45. The molecule has 0 bridgehead atoms. The molecule has 106 valence electrons. The highest BCUT2D eigenvalue weighted by atomic mass is 35.5. The maximum absolute atomic E-state index is 12.2. The summed E-state index contributed by atoms with van der Waals surface area (Å²) in [6, 6.07) is 3.61. The lowest BCUT2D eigenvalue weighted by Gasteiger charge is -2.31. The molecule has 6 heteroatoms. The molecule has 4 nitrogen and oxygen atoms in total. The van der Waals surface area contributed by atoms with Crippen molar-refractivity contribution in [3.63, 3.8) is 0 Å². The van der Waals surface area contributed by atoms with E-state index in [9.17, 15) is 4.79 Å². The lowest BCUT2D eigenvalue weighted by atomic mass is 10.2. The van der Waals surface area contributed by atoms with Gasteiger partial charge in [0.2, 0.25) is 5.91 Å². The molecule has 0 aliphatic carbocycles. The zero-order valence-electron chi connectivity index (χ0n) is 11.0. The largest absolute Gasteiger partial charge is 0.397 e. The van der Waals surface area contributed by atoms with Gasteiger partial charge in [0, 0.05) is 29.8 Å². The van der Waals surface area contributed by atoms with Crippen LogP contribution in [0, 0.1) is 0 Å². The van der Waals surface area contributed by atoms with Gasteiger partial charge in [-0.15, -0.1) is 12.4 Å². The van der Waals surface area contributed by atoms with Gasteiger partial charge in [0.1, 0.15) is 0 Å². The lowest BCUT2D eigenvalue weighted by Crippen LogP contribution is -2.42. The number of anilines is 1. The zero-order valence-corrected chi connectivity index (χ0v) is 12.7. The van der Waals surface area contributed by atoms with Crippen LogP contribution in [-0.2, 0) is 11.2 Å². The smallest absolute Gasteiger partial charge is 0.228 e. The molecule has 1 atom stereocenters. The Morgan fingerprint density at radius 1 is 1.58 bits per heavy atom. The van der Waals surface area contributed by atoms with Crippen LogP contribution < -0.4 is 5.73 Å². The summed E-state index contributed by atoms with van der Waals surface area (Å²) in [6.45, 7) is 3.90. The molecule has 2 heterocycles. The molecule has 0 aromatic carbocycles.